The molecule has 36 valence electrons. The van der Waals surface area contributed by atoms with Crippen molar-refractivity contribution in [2.45, 2.75) is 12.6 Å². The van der Waals surface area contributed by atoms with E-state index in [4.69, 9.17) is 0 Å². The van der Waals surface area contributed by atoms with Gasteiger partial charge in [-0.25, -0.2) is 4.39 Å². The number of halogens is 2. The fourth-order valence-corrected chi connectivity index (χ4v) is 1.28. The Morgan fingerprint density at radius 3 is 2.33 bits per heavy atom. The van der Waals surface area contributed by atoms with Crippen LogP contribution in [-0.4, -0.2) is 10.6 Å². The van der Waals surface area contributed by atoms with Crippen LogP contribution in [0.1, 0.15) is 6.42 Å². The first-order valence-corrected chi connectivity index (χ1v) is 3.57. The van der Waals surface area contributed by atoms with Gasteiger partial charge in [0, 0.05) is 10.3 Å². The topological polar surface area (TPSA) is 0 Å². The Bertz CT molecular complexity index is 53.5. The quantitative estimate of drug-likeness (QED) is 0.447. The molecule has 0 bridgehead atoms. The second kappa shape index (κ2) is 1.64. The summed E-state index contributed by atoms with van der Waals surface area (Å²) in [5.74, 6) is 0.422. The summed E-state index contributed by atoms with van der Waals surface area (Å²) in [6, 6.07) is 0. The molecule has 0 radical (unpaired) electrons. The van der Waals surface area contributed by atoms with Crippen LogP contribution in [0.25, 0.3) is 0 Å². The zero-order valence-electron chi connectivity index (χ0n) is 3.32. The molecule has 1 saturated carbocycles. The standard InChI is InChI=1S/C4H6FI/c5-4-1-3(4)2-6/h3-4H,1-2H2. The van der Waals surface area contributed by atoms with Crippen LogP contribution in [0.4, 0.5) is 4.39 Å². The average Bonchev–Trinajstić information content (AvgIpc) is 2.19. The van der Waals surface area contributed by atoms with Crippen LogP contribution in [-0.2, 0) is 0 Å². The highest BCUT2D eigenvalue weighted by Gasteiger charge is 2.35. The zero-order valence-corrected chi connectivity index (χ0v) is 5.48. The molecular formula is C4H6FI. The summed E-state index contributed by atoms with van der Waals surface area (Å²) in [4.78, 5) is 0. The molecule has 0 amide bonds. The van der Waals surface area contributed by atoms with E-state index in [2.05, 4.69) is 22.6 Å². The van der Waals surface area contributed by atoms with E-state index in [9.17, 15) is 4.39 Å². The Kier molecular flexibility index (Phi) is 1.31. The first-order chi connectivity index (χ1) is 2.84. The minimum atomic E-state index is -0.443. The summed E-state index contributed by atoms with van der Waals surface area (Å²) in [5.41, 5.74) is 0. The largest absolute Gasteiger partial charge is 0.247 e. The normalized spacial score (nSPS) is 43.0. The van der Waals surface area contributed by atoms with Gasteiger partial charge in [-0.05, 0) is 6.42 Å². The lowest BCUT2D eigenvalue weighted by molar-refractivity contribution is 0.457. The molecule has 0 N–H and O–H groups in total. The van der Waals surface area contributed by atoms with Crippen molar-refractivity contribution < 1.29 is 4.39 Å². The van der Waals surface area contributed by atoms with Crippen molar-refractivity contribution in [2.24, 2.45) is 5.92 Å². The zero-order chi connectivity index (χ0) is 4.57. The van der Waals surface area contributed by atoms with E-state index in [1.807, 2.05) is 0 Å². The second-order valence-electron chi connectivity index (χ2n) is 1.67. The molecule has 0 aliphatic heterocycles. The van der Waals surface area contributed by atoms with Gasteiger partial charge in [0.1, 0.15) is 6.17 Å². The molecule has 1 fully saturated rings. The summed E-state index contributed by atoms with van der Waals surface area (Å²) in [6.45, 7) is 0. The van der Waals surface area contributed by atoms with Crippen LogP contribution in [0.2, 0.25) is 0 Å². The van der Waals surface area contributed by atoms with Gasteiger partial charge in [-0.2, -0.15) is 0 Å². The van der Waals surface area contributed by atoms with Crippen molar-refractivity contribution in [3.8, 4) is 0 Å². The summed E-state index contributed by atoms with van der Waals surface area (Å²) < 4.78 is 12.8. The van der Waals surface area contributed by atoms with Gasteiger partial charge in [-0.15, -0.1) is 0 Å². The summed E-state index contributed by atoms with van der Waals surface area (Å²) >= 11 is 2.22. The van der Waals surface area contributed by atoms with Gasteiger partial charge >= 0.3 is 0 Å². The number of hydrogen-bond acceptors (Lipinski definition) is 0. The summed E-state index contributed by atoms with van der Waals surface area (Å²) in [6.07, 6.45) is 0.380. The predicted molar refractivity (Wildman–Crippen MR) is 31.9 cm³/mol. The van der Waals surface area contributed by atoms with Crippen LogP contribution < -0.4 is 0 Å². The predicted octanol–water partition coefficient (Wildman–Crippen LogP) is 1.78. The van der Waals surface area contributed by atoms with Gasteiger partial charge < -0.3 is 0 Å². The van der Waals surface area contributed by atoms with Crippen LogP contribution in [0.3, 0.4) is 0 Å². The van der Waals surface area contributed by atoms with Gasteiger partial charge in [0.05, 0.1) is 0 Å². The molecular weight excluding hydrogens is 194 g/mol. The summed E-state index contributed by atoms with van der Waals surface area (Å²) in [5, 5.41) is 0. The van der Waals surface area contributed by atoms with E-state index in [1.165, 1.54) is 0 Å². The number of rotatable bonds is 1. The maximum absolute atomic E-state index is 11.8. The van der Waals surface area contributed by atoms with Crippen molar-refractivity contribution in [3.63, 3.8) is 0 Å². The first kappa shape index (κ1) is 4.81. The van der Waals surface area contributed by atoms with Gasteiger partial charge in [0.15, 0.2) is 0 Å². The summed E-state index contributed by atoms with van der Waals surface area (Å²) in [7, 11) is 0. The van der Waals surface area contributed by atoms with E-state index in [0.29, 0.717) is 5.92 Å². The van der Waals surface area contributed by atoms with Crippen molar-refractivity contribution in [1.29, 1.82) is 0 Å². The molecule has 0 heterocycles. The van der Waals surface area contributed by atoms with E-state index < -0.39 is 6.17 Å². The van der Waals surface area contributed by atoms with Gasteiger partial charge in [-0.1, -0.05) is 22.6 Å². The molecule has 0 aromatic rings. The molecule has 6 heavy (non-hydrogen) atoms. The van der Waals surface area contributed by atoms with Crippen LogP contribution in [0.5, 0.6) is 0 Å². The smallest absolute Gasteiger partial charge is 0.104 e. The molecule has 2 atom stereocenters. The number of hydrogen-bond donors (Lipinski definition) is 0. The third-order valence-corrected chi connectivity index (χ3v) is 2.17. The monoisotopic (exact) mass is 200 g/mol. The van der Waals surface area contributed by atoms with Crippen LogP contribution in [0, 0.1) is 5.92 Å². The highest BCUT2D eigenvalue weighted by molar-refractivity contribution is 14.1. The molecule has 0 spiro atoms. The Morgan fingerprint density at radius 1 is 1.83 bits per heavy atom. The lowest BCUT2D eigenvalue weighted by Crippen LogP contribution is -1.76. The Morgan fingerprint density at radius 2 is 2.33 bits per heavy atom. The van der Waals surface area contributed by atoms with Gasteiger partial charge in [0.25, 0.3) is 0 Å². The Hall–Kier alpha value is 0.660. The molecule has 0 nitrogen and oxygen atoms in total. The Balaban J connectivity index is 2.09. The molecule has 0 saturated heterocycles. The third-order valence-electron chi connectivity index (χ3n) is 1.03. The van der Waals surface area contributed by atoms with E-state index in [1.54, 1.807) is 0 Å². The van der Waals surface area contributed by atoms with Crippen molar-refractivity contribution >= 4 is 22.6 Å². The van der Waals surface area contributed by atoms with E-state index >= 15 is 0 Å². The van der Waals surface area contributed by atoms with Crippen LogP contribution in [0.15, 0.2) is 0 Å². The SMILES string of the molecule is FC1CC1CI. The highest BCUT2D eigenvalue weighted by atomic mass is 127. The molecule has 0 aromatic heterocycles. The molecule has 2 unspecified atom stereocenters. The maximum Gasteiger partial charge on any atom is 0.104 e. The minimum Gasteiger partial charge on any atom is -0.247 e. The van der Waals surface area contributed by atoms with Gasteiger partial charge in [-0.3, -0.25) is 0 Å². The van der Waals surface area contributed by atoms with Crippen molar-refractivity contribution in [3.05, 3.63) is 0 Å². The Labute approximate surface area is 50.3 Å². The molecule has 2 heteroatoms. The minimum absolute atomic E-state index is 0.422. The van der Waals surface area contributed by atoms with Crippen molar-refractivity contribution in [1.82, 2.24) is 0 Å². The lowest BCUT2D eigenvalue weighted by atomic mass is 10.5. The van der Waals surface area contributed by atoms with Crippen LogP contribution >= 0.6 is 22.6 Å². The molecule has 1 aliphatic rings. The third kappa shape index (κ3) is 0.832. The number of alkyl halides is 2. The highest BCUT2D eigenvalue weighted by Crippen LogP contribution is 2.34. The maximum atomic E-state index is 11.8. The molecule has 0 aromatic carbocycles. The van der Waals surface area contributed by atoms with Crippen molar-refractivity contribution in [2.75, 3.05) is 4.43 Å². The van der Waals surface area contributed by atoms with E-state index in [0.717, 1.165) is 10.8 Å². The van der Waals surface area contributed by atoms with E-state index in [-0.39, 0.29) is 0 Å². The van der Waals surface area contributed by atoms with Gasteiger partial charge in [0.2, 0.25) is 0 Å². The average molecular weight is 200 g/mol. The fourth-order valence-electron chi connectivity index (χ4n) is 0.370. The fraction of sp³-hybridized carbons (Fsp3) is 1.00. The lowest BCUT2D eigenvalue weighted by Gasteiger charge is -1.74. The molecule has 1 aliphatic carbocycles. The molecule has 1 rings (SSSR count). The first-order valence-electron chi connectivity index (χ1n) is 2.04. The second-order valence-corrected chi connectivity index (χ2v) is 2.55.